The van der Waals surface area contributed by atoms with Crippen LogP contribution >= 0.6 is 0 Å². The highest BCUT2D eigenvalue weighted by atomic mass is 16.6. The van der Waals surface area contributed by atoms with Crippen molar-refractivity contribution in [2.45, 2.75) is 26.7 Å². The number of ether oxygens (including phenoxy) is 2. The number of hydrogen-bond donors (Lipinski definition) is 1. The van der Waals surface area contributed by atoms with Crippen LogP contribution in [0.1, 0.15) is 23.1 Å². The molecule has 1 aliphatic rings. The third kappa shape index (κ3) is 2.35. The fourth-order valence-electron chi connectivity index (χ4n) is 2.02. The Hall–Kier alpha value is -1.71. The maximum atomic E-state index is 10.7. The summed E-state index contributed by atoms with van der Waals surface area (Å²) in [7, 11) is 0. The molecular weight excluding hydrogens is 220 g/mol. The van der Waals surface area contributed by atoms with E-state index in [1.54, 1.807) is 0 Å². The van der Waals surface area contributed by atoms with Crippen LogP contribution in [0.5, 0.6) is 11.5 Å². The first-order valence-electron chi connectivity index (χ1n) is 5.70. The second-order valence-electron chi connectivity index (χ2n) is 4.21. The molecule has 4 nitrogen and oxygen atoms in total. The molecule has 1 aliphatic heterocycles. The Morgan fingerprint density at radius 2 is 2.06 bits per heavy atom. The third-order valence-electron chi connectivity index (χ3n) is 3.07. The lowest BCUT2D eigenvalue weighted by Gasteiger charge is -2.23. The zero-order chi connectivity index (χ0) is 12.4. The molecule has 0 amide bonds. The van der Waals surface area contributed by atoms with Crippen molar-refractivity contribution in [3.63, 3.8) is 0 Å². The Bertz CT molecular complexity index is 451. The smallest absolute Gasteiger partial charge is 0.303 e. The molecule has 0 bridgehead atoms. The normalized spacial score (nSPS) is 13.5. The van der Waals surface area contributed by atoms with Gasteiger partial charge in [0.05, 0.1) is 0 Å². The van der Waals surface area contributed by atoms with Crippen molar-refractivity contribution < 1.29 is 19.4 Å². The highest BCUT2D eigenvalue weighted by Gasteiger charge is 2.20. The summed E-state index contributed by atoms with van der Waals surface area (Å²) in [6.07, 6.45) is 0.592. The van der Waals surface area contributed by atoms with E-state index >= 15 is 0 Å². The van der Waals surface area contributed by atoms with Crippen LogP contribution in [0.2, 0.25) is 0 Å². The second-order valence-corrected chi connectivity index (χ2v) is 4.21. The minimum atomic E-state index is -0.795. The van der Waals surface area contributed by atoms with Gasteiger partial charge in [-0.15, -0.1) is 0 Å². The Morgan fingerprint density at radius 1 is 1.35 bits per heavy atom. The lowest BCUT2D eigenvalue weighted by atomic mass is 9.97. The molecule has 1 aromatic rings. The molecule has 0 saturated carbocycles. The molecule has 0 aromatic heterocycles. The summed E-state index contributed by atoms with van der Waals surface area (Å²) in [5, 5.41) is 8.77. The van der Waals surface area contributed by atoms with Gasteiger partial charge in [0, 0.05) is 12.0 Å². The summed E-state index contributed by atoms with van der Waals surface area (Å²) >= 11 is 0. The Kier molecular flexibility index (Phi) is 3.22. The monoisotopic (exact) mass is 236 g/mol. The van der Waals surface area contributed by atoms with Gasteiger partial charge in [-0.25, -0.2) is 0 Å². The topological polar surface area (TPSA) is 55.8 Å². The van der Waals surface area contributed by atoms with Gasteiger partial charge in [0.15, 0.2) is 11.5 Å². The van der Waals surface area contributed by atoms with E-state index < -0.39 is 5.97 Å². The largest absolute Gasteiger partial charge is 0.486 e. The van der Waals surface area contributed by atoms with Gasteiger partial charge in [-0.2, -0.15) is 0 Å². The highest BCUT2D eigenvalue weighted by molar-refractivity contribution is 5.68. The first-order chi connectivity index (χ1) is 8.09. The molecule has 1 N–H and O–H groups in total. The molecule has 0 unspecified atom stereocenters. The average molecular weight is 236 g/mol. The zero-order valence-electron chi connectivity index (χ0n) is 10.1. The molecule has 1 aromatic carbocycles. The summed E-state index contributed by atoms with van der Waals surface area (Å²) in [4.78, 5) is 10.7. The van der Waals surface area contributed by atoms with Crippen LogP contribution in [0.25, 0.3) is 0 Å². The van der Waals surface area contributed by atoms with E-state index in [4.69, 9.17) is 14.6 Å². The van der Waals surface area contributed by atoms with Crippen LogP contribution < -0.4 is 9.47 Å². The molecule has 0 spiro atoms. The summed E-state index contributed by atoms with van der Waals surface area (Å²) in [6, 6.07) is 1.95. The summed E-state index contributed by atoms with van der Waals surface area (Å²) in [5.41, 5.74) is 3.16. The third-order valence-corrected chi connectivity index (χ3v) is 3.07. The minimum Gasteiger partial charge on any atom is -0.486 e. The summed E-state index contributed by atoms with van der Waals surface area (Å²) in [5.74, 6) is 0.664. The standard InChI is InChI=1S/C13H16O4/c1-8-7-11-13(17-6-5-16-11)10(9(8)2)3-4-12(14)15/h7H,3-6H2,1-2H3,(H,14,15). The van der Waals surface area contributed by atoms with Gasteiger partial charge in [0.25, 0.3) is 0 Å². The van der Waals surface area contributed by atoms with E-state index in [2.05, 4.69) is 0 Å². The number of rotatable bonds is 3. The predicted molar refractivity (Wildman–Crippen MR) is 62.9 cm³/mol. The Balaban J connectivity index is 2.39. The summed E-state index contributed by atoms with van der Waals surface area (Å²) < 4.78 is 11.1. The molecule has 0 saturated heterocycles. The van der Waals surface area contributed by atoms with E-state index in [0.717, 1.165) is 28.2 Å². The van der Waals surface area contributed by atoms with Gasteiger partial charge in [0.1, 0.15) is 13.2 Å². The van der Waals surface area contributed by atoms with Crippen molar-refractivity contribution in [1.82, 2.24) is 0 Å². The van der Waals surface area contributed by atoms with Gasteiger partial charge in [-0.1, -0.05) is 0 Å². The highest BCUT2D eigenvalue weighted by Crippen LogP contribution is 2.38. The van der Waals surface area contributed by atoms with Crippen LogP contribution in [0.3, 0.4) is 0 Å². The maximum Gasteiger partial charge on any atom is 0.303 e. The number of carboxylic acids is 1. The van der Waals surface area contributed by atoms with E-state index in [1.165, 1.54) is 0 Å². The van der Waals surface area contributed by atoms with Gasteiger partial charge in [-0.05, 0) is 37.5 Å². The zero-order valence-corrected chi connectivity index (χ0v) is 10.1. The van der Waals surface area contributed by atoms with Gasteiger partial charge < -0.3 is 14.6 Å². The number of aliphatic carboxylic acids is 1. The van der Waals surface area contributed by atoms with Gasteiger partial charge >= 0.3 is 5.97 Å². The molecule has 92 valence electrons. The SMILES string of the molecule is Cc1cc2c(c(CCC(=O)O)c1C)OCCO2. The predicted octanol–water partition coefficient (Wildman–Crippen LogP) is 2.09. The molecule has 4 heteroatoms. The lowest BCUT2D eigenvalue weighted by Crippen LogP contribution is -2.18. The van der Waals surface area contributed by atoms with Crippen molar-refractivity contribution in [1.29, 1.82) is 0 Å². The van der Waals surface area contributed by atoms with Crippen molar-refractivity contribution >= 4 is 5.97 Å². The minimum absolute atomic E-state index is 0.111. The molecule has 0 atom stereocenters. The van der Waals surface area contributed by atoms with Crippen molar-refractivity contribution in [3.8, 4) is 11.5 Å². The molecule has 0 fully saturated rings. The van der Waals surface area contributed by atoms with Gasteiger partial charge in [0.2, 0.25) is 0 Å². The van der Waals surface area contributed by atoms with Gasteiger partial charge in [-0.3, -0.25) is 4.79 Å². The first-order valence-corrected chi connectivity index (χ1v) is 5.70. The Morgan fingerprint density at radius 3 is 2.76 bits per heavy atom. The van der Waals surface area contributed by atoms with Crippen molar-refractivity contribution in [3.05, 3.63) is 22.8 Å². The molecular formula is C13H16O4. The summed E-state index contributed by atoms with van der Waals surface area (Å²) in [6.45, 7) is 5.06. The van der Waals surface area contributed by atoms with Crippen LogP contribution in [-0.4, -0.2) is 24.3 Å². The first kappa shape index (κ1) is 11.8. The Labute approximate surface area is 100 Å². The van der Waals surface area contributed by atoms with Crippen LogP contribution in [0, 0.1) is 13.8 Å². The number of hydrogen-bond acceptors (Lipinski definition) is 3. The average Bonchev–Trinajstić information content (AvgIpc) is 2.29. The van der Waals surface area contributed by atoms with E-state index in [9.17, 15) is 4.79 Å². The van der Waals surface area contributed by atoms with Crippen LogP contribution in [0.4, 0.5) is 0 Å². The van der Waals surface area contributed by atoms with E-state index in [0.29, 0.717) is 19.6 Å². The maximum absolute atomic E-state index is 10.7. The molecule has 1 heterocycles. The lowest BCUT2D eigenvalue weighted by molar-refractivity contribution is -0.136. The van der Waals surface area contributed by atoms with E-state index in [1.807, 2.05) is 19.9 Å². The number of fused-ring (bicyclic) bond motifs is 1. The van der Waals surface area contributed by atoms with Crippen LogP contribution in [0.15, 0.2) is 6.07 Å². The fourth-order valence-corrected chi connectivity index (χ4v) is 2.02. The fraction of sp³-hybridized carbons (Fsp3) is 0.462. The number of carbonyl (C=O) groups is 1. The number of carboxylic acid groups (broad SMARTS) is 1. The molecule has 2 rings (SSSR count). The number of benzene rings is 1. The van der Waals surface area contributed by atoms with Crippen molar-refractivity contribution in [2.24, 2.45) is 0 Å². The molecule has 0 radical (unpaired) electrons. The quantitative estimate of drug-likeness (QED) is 0.873. The number of aryl methyl sites for hydroxylation is 1. The van der Waals surface area contributed by atoms with Crippen LogP contribution in [-0.2, 0) is 11.2 Å². The van der Waals surface area contributed by atoms with Crippen molar-refractivity contribution in [2.75, 3.05) is 13.2 Å². The van der Waals surface area contributed by atoms with E-state index in [-0.39, 0.29) is 6.42 Å². The second kappa shape index (κ2) is 4.65. The molecule has 0 aliphatic carbocycles. The molecule has 17 heavy (non-hydrogen) atoms.